The monoisotopic (exact) mass is 332 g/mol. The predicted octanol–water partition coefficient (Wildman–Crippen LogP) is 4.34. The van der Waals surface area contributed by atoms with E-state index >= 15 is 0 Å². The lowest BCUT2D eigenvalue weighted by atomic mass is 9.44. The molecule has 0 aromatic heterocycles. The predicted molar refractivity (Wildman–Crippen MR) is 91.4 cm³/mol. The van der Waals surface area contributed by atoms with Gasteiger partial charge in [-0.3, -0.25) is 4.79 Å². The Morgan fingerprint density at radius 2 is 1.75 bits per heavy atom. The molecule has 24 heavy (non-hydrogen) atoms. The van der Waals surface area contributed by atoms with Crippen LogP contribution < -0.4 is 0 Å². The Bertz CT molecular complexity index is 551. The molecule has 4 saturated carbocycles. The molecule has 3 heteroatoms. The summed E-state index contributed by atoms with van der Waals surface area (Å²) in [7, 11) is 0. The zero-order valence-corrected chi connectivity index (χ0v) is 15.3. The summed E-state index contributed by atoms with van der Waals surface area (Å²) in [4.78, 5) is 13.2. The highest BCUT2D eigenvalue weighted by atomic mass is 16.7. The van der Waals surface area contributed by atoms with E-state index in [9.17, 15) is 4.79 Å². The molecule has 1 aliphatic heterocycles. The molecule has 5 aliphatic rings. The van der Waals surface area contributed by atoms with Gasteiger partial charge in [0.05, 0.1) is 13.2 Å². The molecule has 0 N–H and O–H groups in total. The molecular formula is C21H32O3. The molecule has 0 amide bonds. The van der Waals surface area contributed by atoms with Crippen LogP contribution in [0.2, 0.25) is 0 Å². The van der Waals surface area contributed by atoms with Crippen LogP contribution in [0.1, 0.15) is 71.6 Å². The van der Waals surface area contributed by atoms with E-state index in [0.29, 0.717) is 30.3 Å². The van der Waals surface area contributed by atoms with Crippen molar-refractivity contribution in [1.29, 1.82) is 0 Å². The second-order valence-electron chi connectivity index (χ2n) is 10.0. The highest BCUT2D eigenvalue weighted by molar-refractivity contribution is 5.83. The lowest BCUT2D eigenvalue weighted by Gasteiger charge is -2.60. The Hall–Kier alpha value is -0.410. The van der Waals surface area contributed by atoms with Crippen molar-refractivity contribution in [1.82, 2.24) is 0 Å². The molecular weight excluding hydrogens is 300 g/mol. The van der Waals surface area contributed by atoms with Crippen LogP contribution in [0.5, 0.6) is 0 Å². The van der Waals surface area contributed by atoms with Crippen LogP contribution in [0.25, 0.3) is 0 Å². The van der Waals surface area contributed by atoms with Gasteiger partial charge in [-0.05, 0) is 60.7 Å². The first kappa shape index (κ1) is 15.8. The van der Waals surface area contributed by atoms with Crippen LogP contribution in [0.15, 0.2) is 0 Å². The van der Waals surface area contributed by atoms with Crippen molar-refractivity contribution in [2.24, 2.45) is 34.5 Å². The Balaban J connectivity index is 1.46. The van der Waals surface area contributed by atoms with Gasteiger partial charge >= 0.3 is 0 Å². The molecule has 0 aromatic carbocycles. The third kappa shape index (κ3) is 2.00. The van der Waals surface area contributed by atoms with Crippen molar-refractivity contribution < 1.29 is 14.3 Å². The number of hydrogen-bond donors (Lipinski definition) is 0. The first-order valence-corrected chi connectivity index (χ1v) is 10.3. The Morgan fingerprint density at radius 1 is 0.958 bits per heavy atom. The molecule has 134 valence electrons. The first-order valence-electron chi connectivity index (χ1n) is 10.3. The van der Waals surface area contributed by atoms with Crippen molar-refractivity contribution >= 4 is 5.78 Å². The Kier molecular flexibility index (Phi) is 3.34. The summed E-state index contributed by atoms with van der Waals surface area (Å²) in [5.41, 5.74) is 0.711. The Morgan fingerprint density at radius 3 is 2.54 bits per heavy atom. The van der Waals surface area contributed by atoms with Gasteiger partial charge in [0.1, 0.15) is 5.78 Å². The third-order valence-corrected chi connectivity index (χ3v) is 9.06. The number of ketones is 1. The fourth-order valence-corrected chi connectivity index (χ4v) is 7.72. The number of ether oxygens (including phenoxy) is 2. The van der Waals surface area contributed by atoms with Crippen LogP contribution in [0.4, 0.5) is 0 Å². The zero-order valence-electron chi connectivity index (χ0n) is 15.3. The molecule has 5 fully saturated rings. The number of carbonyl (C=O) groups is 1. The molecule has 4 aliphatic carbocycles. The van der Waals surface area contributed by atoms with E-state index in [-0.39, 0.29) is 11.3 Å². The van der Waals surface area contributed by atoms with E-state index < -0.39 is 5.79 Å². The Labute approximate surface area is 145 Å². The highest BCUT2D eigenvalue weighted by Crippen LogP contribution is 2.66. The van der Waals surface area contributed by atoms with Crippen LogP contribution in [-0.2, 0) is 14.3 Å². The quantitative estimate of drug-likeness (QED) is 0.662. The van der Waals surface area contributed by atoms with Crippen LogP contribution >= 0.6 is 0 Å². The molecule has 0 bridgehead atoms. The van der Waals surface area contributed by atoms with Gasteiger partial charge in [-0.25, -0.2) is 0 Å². The van der Waals surface area contributed by atoms with Gasteiger partial charge in [0.15, 0.2) is 5.79 Å². The van der Waals surface area contributed by atoms with Crippen molar-refractivity contribution in [3.8, 4) is 0 Å². The first-order chi connectivity index (χ1) is 11.5. The maximum Gasteiger partial charge on any atom is 0.169 e. The molecule has 0 radical (unpaired) electrons. The van der Waals surface area contributed by atoms with Crippen LogP contribution in [-0.4, -0.2) is 24.8 Å². The summed E-state index contributed by atoms with van der Waals surface area (Å²) < 4.78 is 11.9. The maximum atomic E-state index is 13.2. The summed E-state index contributed by atoms with van der Waals surface area (Å²) in [5, 5.41) is 0. The SMILES string of the molecule is CC12CCCC1C1CC(=O)[C@H]3CC4(CCC3(C)C1CC2)OCCO4. The molecule has 5 unspecified atom stereocenters. The number of rotatable bonds is 0. The van der Waals surface area contributed by atoms with E-state index in [1.807, 2.05) is 0 Å². The van der Waals surface area contributed by atoms with Crippen LogP contribution in [0, 0.1) is 34.5 Å². The molecule has 5 rings (SSSR count). The van der Waals surface area contributed by atoms with Crippen molar-refractivity contribution in [3.05, 3.63) is 0 Å². The second-order valence-corrected chi connectivity index (χ2v) is 10.0. The standard InChI is InChI=1S/C21H32O3/c1-19-6-3-4-15(19)14-12-18(22)17-13-21(23-10-11-24-21)9-8-20(17,2)16(14)5-7-19/h14-17H,3-13H2,1-2H3/t14?,15?,16?,17-,19?,20?/m1/s1. The molecule has 6 atom stereocenters. The summed E-state index contributed by atoms with van der Waals surface area (Å²) in [6.07, 6.45) is 10.6. The van der Waals surface area contributed by atoms with Crippen molar-refractivity contribution in [2.75, 3.05) is 13.2 Å². The molecule has 3 nitrogen and oxygen atoms in total. The van der Waals surface area contributed by atoms with Gasteiger partial charge in [-0.15, -0.1) is 0 Å². The van der Waals surface area contributed by atoms with Gasteiger partial charge in [0.25, 0.3) is 0 Å². The normalized spacial score (nSPS) is 52.8. The lowest BCUT2D eigenvalue weighted by molar-refractivity contribution is -0.225. The molecule has 1 spiro atoms. The van der Waals surface area contributed by atoms with Gasteiger partial charge in [0, 0.05) is 25.2 Å². The molecule has 0 aromatic rings. The largest absolute Gasteiger partial charge is 0.348 e. The smallest absolute Gasteiger partial charge is 0.169 e. The van der Waals surface area contributed by atoms with Gasteiger partial charge in [-0.2, -0.15) is 0 Å². The minimum atomic E-state index is -0.427. The fourth-order valence-electron chi connectivity index (χ4n) is 7.72. The number of hydrogen-bond acceptors (Lipinski definition) is 3. The average Bonchev–Trinajstić information content (AvgIpc) is 3.16. The van der Waals surface area contributed by atoms with Gasteiger partial charge < -0.3 is 9.47 Å². The van der Waals surface area contributed by atoms with E-state index in [1.165, 1.54) is 32.1 Å². The average molecular weight is 332 g/mol. The maximum absolute atomic E-state index is 13.2. The topological polar surface area (TPSA) is 35.5 Å². The summed E-state index contributed by atoms with van der Waals surface area (Å²) >= 11 is 0. The highest BCUT2D eigenvalue weighted by Gasteiger charge is 2.62. The van der Waals surface area contributed by atoms with E-state index in [2.05, 4.69) is 13.8 Å². The van der Waals surface area contributed by atoms with Gasteiger partial charge in [-0.1, -0.05) is 20.3 Å². The number of fused-ring (bicyclic) bond motifs is 5. The summed E-state index contributed by atoms with van der Waals surface area (Å²) in [6.45, 7) is 6.34. The van der Waals surface area contributed by atoms with Crippen molar-refractivity contribution in [2.45, 2.75) is 77.4 Å². The van der Waals surface area contributed by atoms with E-state index in [4.69, 9.17) is 9.47 Å². The van der Waals surface area contributed by atoms with Crippen molar-refractivity contribution in [3.63, 3.8) is 0 Å². The van der Waals surface area contributed by atoms with E-state index in [1.54, 1.807) is 0 Å². The number of Topliss-reactive ketones (excluding diaryl/α,β-unsaturated/α-hetero) is 1. The second kappa shape index (κ2) is 5.07. The zero-order chi connectivity index (χ0) is 16.6. The van der Waals surface area contributed by atoms with Gasteiger partial charge in [0.2, 0.25) is 0 Å². The molecule has 1 saturated heterocycles. The summed E-state index contributed by atoms with van der Waals surface area (Å²) in [5.74, 6) is 2.45. The summed E-state index contributed by atoms with van der Waals surface area (Å²) in [6, 6.07) is 0. The fraction of sp³-hybridized carbons (Fsp3) is 0.952. The lowest BCUT2D eigenvalue weighted by Crippen LogP contribution is -2.58. The number of carbonyl (C=O) groups excluding carboxylic acids is 1. The third-order valence-electron chi connectivity index (χ3n) is 9.06. The minimum Gasteiger partial charge on any atom is -0.348 e. The van der Waals surface area contributed by atoms with Crippen LogP contribution in [0.3, 0.4) is 0 Å². The minimum absolute atomic E-state index is 0.163. The molecule has 1 heterocycles. The van der Waals surface area contributed by atoms with E-state index in [0.717, 1.165) is 37.5 Å².